The zero-order chi connectivity index (χ0) is 17.6. The van der Waals surface area contributed by atoms with Gasteiger partial charge in [-0.25, -0.2) is 0 Å². The van der Waals surface area contributed by atoms with E-state index in [2.05, 4.69) is 20.8 Å². The van der Waals surface area contributed by atoms with Crippen molar-refractivity contribution in [3.63, 3.8) is 0 Å². The SMILES string of the molecule is CCCCCCCC(C)(C)CCCCCCOC(=O)C(C)CC. The Kier molecular flexibility index (Phi) is 13.5. The molecule has 0 spiro atoms. The van der Waals surface area contributed by atoms with Crippen molar-refractivity contribution in [1.29, 1.82) is 0 Å². The van der Waals surface area contributed by atoms with Gasteiger partial charge in [0, 0.05) is 0 Å². The summed E-state index contributed by atoms with van der Waals surface area (Å²) < 4.78 is 5.29. The van der Waals surface area contributed by atoms with Gasteiger partial charge < -0.3 is 4.74 Å². The molecule has 2 nitrogen and oxygen atoms in total. The van der Waals surface area contributed by atoms with Crippen molar-refractivity contribution in [2.75, 3.05) is 6.61 Å². The van der Waals surface area contributed by atoms with Crippen LogP contribution in [0.25, 0.3) is 0 Å². The number of esters is 1. The fourth-order valence-electron chi connectivity index (χ4n) is 2.87. The zero-order valence-corrected chi connectivity index (χ0v) is 16.6. The van der Waals surface area contributed by atoms with Crippen LogP contribution in [0.4, 0.5) is 0 Å². The molecule has 1 unspecified atom stereocenters. The molecule has 0 rings (SSSR count). The van der Waals surface area contributed by atoms with Crippen LogP contribution in [0.1, 0.15) is 112 Å². The van der Waals surface area contributed by atoms with Gasteiger partial charge in [0.2, 0.25) is 0 Å². The van der Waals surface area contributed by atoms with Gasteiger partial charge in [-0.05, 0) is 31.1 Å². The number of hydrogen-bond acceptors (Lipinski definition) is 2. The smallest absolute Gasteiger partial charge is 0.308 e. The van der Waals surface area contributed by atoms with Crippen LogP contribution in [-0.4, -0.2) is 12.6 Å². The molecular weight excluding hydrogens is 284 g/mol. The molecule has 0 saturated heterocycles. The lowest BCUT2D eigenvalue weighted by molar-refractivity contribution is -0.148. The van der Waals surface area contributed by atoms with Gasteiger partial charge in [0.15, 0.2) is 0 Å². The van der Waals surface area contributed by atoms with Crippen LogP contribution in [0.2, 0.25) is 0 Å². The lowest BCUT2D eigenvalue weighted by Gasteiger charge is -2.24. The van der Waals surface area contributed by atoms with Crippen molar-refractivity contribution < 1.29 is 9.53 Å². The van der Waals surface area contributed by atoms with Crippen LogP contribution in [0, 0.1) is 11.3 Å². The largest absolute Gasteiger partial charge is 0.465 e. The van der Waals surface area contributed by atoms with E-state index >= 15 is 0 Å². The van der Waals surface area contributed by atoms with Gasteiger partial charge in [0.1, 0.15) is 0 Å². The van der Waals surface area contributed by atoms with E-state index < -0.39 is 0 Å². The first-order valence-electron chi connectivity index (χ1n) is 10.1. The van der Waals surface area contributed by atoms with Crippen molar-refractivity contribution in [1.82, 2.24) is 0 Å². The van der Waals surface area contributed by atoms with Crippen LogP contribution in [-0.2, 0) is 9.53 Å². The Balaban J connectivity index is 3.50. The Morgan fingerprint density at radius 3 is 1.91 bits per heavy atom. The second-order valence-electron chi connectivity index (χ2n) is 7.97. The highest BCUT2D eigenvalue weighted by Crippen LogP contribution is 2.30. The summed E-state index contributed by atoms with van der Waals surface area (Å²) in [5, 5.41) is 0. The molecule has 0 N–H and O–H groups in total. The monoisotopic (exact) mass is 326 g/mol. The van der Waals surface area contributed by atoms with Crippen LogP contribution in [0.5, 0.6) is 0 Å². The van der Waals surface area contributed by atoms with Gasteiger partial charge in [0.05, 0.1) is 12.5 Å². The summed E-state index contributed by atoms with van der Waals surface area (Å²) in [6.45, 7) is 11.7. The lowest BCUT2D eigenvalue weighted by Crippen LogP contribution is -2.14. The van der Waals surface area contributed by atoms with Crippen LogP contribution < -0.4 is 0 Å². The molecule has 1 atom stereocenters. The van der Waals surface area contributed by atoms with E-state index in [1.54, 1.807) is 0 Å². The fourth-order valence-corrected chi connectivity index (χ4v) is 2.87. The second-order valence-corrected chi connectivity index (χ2v) is 7.97. The van der Waals surface area contributed by atoms with E-state index in [4.69, 9.17) is 4.74 Å². The summed E-state index contributed by atoms with van der Waals surface area (Å²) in [5.74, 6) is 0.0184. The molecule has 0 amide bonds. The summed E-state index contributed by atoms with van der Waals surface area (Å²) in [5.41, 5.74) is 0.495. The number of carbonyl (C=O) groups is 1. The highest BCUT2D eigenvalue weighted by Gasteiger charge is 2.16. The summed E-state index contributed by atoms with van der Waals surface area (Å²) >= 11 is 0. The highest BCUT2D eigenvalue weighted by atomic mass is 16.5. The molecule has 0 saturated carbocycles. The Bertz CT molecular complexity index is 284. The molecule has 0 aliphatic heterocycles. The third-order valence-corrected chi connectivity index (χ3v) is 4.96. The Morgan fingerprint density at radius 2 is 1.39 bits per heavy atom. The van der Waals surface area contributed by atoms with Gasteiger partial charge in [-0.2, -0.15) is 0 Å². The summed E-state index contributed by atoms with van der Waals surface area (Å²) in [6, 6.07) is 0. The molecule has 0 aromatic carbocycles. The number of rotatable bonds is 15. The molecule has 23 heavy (non-hydrogen) atoms. The predicted molar refractivity (Wildman–Crippen MR) is 101 cm³/mol. The maximum Gasteiger partial charge on any atom is 0.308 e. The second kappa shape index (κ2) is 13.9. The van der Waals surface area contributed by atoms with Crippen molar-refractivity contribution >= 4 is 5.97 Å². The summed E-state index contributed by atoms with van der Waals surface area (Å²) in [4.78, 5) is 11.5. The first-order chi connectivity index (χ1) is 10.9. The molecule has 0 aromatic heterocycles. The average Bonchev–Trinajstić information content (AvgIpc) is 2.52. The molecule has 2 heteroatoms. The number of unbranched alkanes of at least 4 members (excludes halogenated alkanes) is 7. The molecule has 0 bridgehead atoms. The molecule has 0 radical (unpaired) electrons. The predicted octanol–water partition coefficient (Wildman–Crippen LogP) is 6.91. The quantitative estimate of drug-likeness (QED) is 0.241. The minimum Gasteiger partial charge on any atom is -0.465 e. The summed E-state index contributed by atoms with van der Waals surface area (Å²) in [6.07, 6.45) is 15.2. The van der Waals surface area contributed by atoms with E-state index in [0.29, 0.717) is 12.0 Å². The zero-order valence-electron chi connectivity index (χ0n) is 16.6. The van der Waals surface area contributed by atoms with Gasteiger partial charge in [0.25, 0.3) is 0 Å². The maximum atomic E-state index is 11.5. The van der Waals surface area contributed by atoms with Gasteiger partial charge in [-0.3, -0.25) is 4.79 Å². The van der Waals surface area contributed by atoms with E-state index in [9.17, 15) is 4.79 Å². The van der Waals surface area contributed by atoms with Crippen molar-refractivity contribution in [3.8, 4) is 0 Å². The standard InChI is InChI=1S/C21H42O2/c1-6-8-9-10-13-16-21(4,5)17-14-11-12-15-18-23-20(22)19(3)7-2/h19H,6-18H2,1-5H3. The van der Waals surface area contributed by atoms with Crippen LogP contribution >= 0.6 is 0 Å². The minimum absolute atomic E-state index is 0.0308. The molecule has 138 valence electrons. The van der Waals surface area contributed by atoms with Crippen molar-refractivity contribution in [2.24, 2.45) is 11.3 Å². The first kappa shape index (κ1) is 22.5. The molecule has 0 aromatic rings. The van der Waals surface area contributed by atoms with E-state index in [1.807, 2.05) is 13.8 Å². The third-order valence-electron chi connectivity index (χ3n) is 4.96. The Hall–Kier alpha value is -0.530. The molecule has 0 fully saturated rings. The molecule has 0 aliphatic carbocycles. The van der Waals surface area contributed by atoms with E-state index in [1.165, 1.54) is 64.2 Å². The third kappa shape index (κ3) is 13.6. The Morgan fingerprint density at radius 1 is 0.870 bits per heavy atom. The maximum absolute atomic E-state index is 11.5. The van der Waals surface area contributed by atoms with E-state index in [0.717, 1.165) is 12.8 Å². The molecular formula is C21H42O2. The summed E-state index contributed by atoms with van der Waals surface area (Å²) in [7, 11) is 0. The van der Waals surface area contributed by atoms with Gasteiger partial charge >= 0.3 is 5.97 Å². The van der Waals surface area contributed by atoms with E-state index in [-0.39, 0.29) is 11.9 Å². The number of ether oxygens (including phenoxy) is 1. The van der Waals surface area contributed by atoms with Crippen LogP contribution in [0.15, 0.2) is 0 Å². The Labute approximate surface area is 145 Å². The van der Waals surface area contributed by atoms with Gasteiger partial charge in [-0.1, -0.05) is 86.0 Å². The topological polar surface area (TPSA) is 26.3 Å². The normalized spacial score (nSPS) is 13.1. The minimum atomic E-state index is -0.0308. The molecule has 0 aliphatic rings. The van der Waals surface area contributed by atoms with Crippen LogP contribution in [0.3, 0.4) is 0 Å². The number of hydrogen-bond donors (Lipinski definition) is 0. The van der Waals surface area contributed by atoms with Gasteiger partial charge in [-0.15, -0.1) is 0 Å². The molecule has 0 heterocycles. The van der Waals surface area contributed by atoms with Crippen molar-refractivity contribution in [3.05, 3.63) is 0 Å². The van der Waals surface area contributed by atoms with Crippen molar-refractivity contribution in [2.45, 2.75) is 112 Å². The fraction of sp³-hybridized carbons (Fsp3) is 0.952. The highest BCUT2D eigenvalue weighted by molar-refractivity contribution is 5.71. The lowest BCUT2D eigenvalue weighted by atomic mass is 9.82. The number of carbonyl (C=O) groups excluding carboxylic acids is 1. The average molecular weight is 327 g/mol. The first-order valence-corrected chi connectivity index (χ1v) is 10.1.